The minimum atomic E-state index is -1.09. The maximum absolute atomic E-state index is 14.9. The molecule has 198 valence electrons. The molecule has 0 bridgehead atoms. The number of esters is 1. The van der Waals surface area contributed by atoms with Gasteiger partial charge in [-0.2, -0.15) is 0 Å². The van der Waals surface area contributed by atoms with Crippen LogP contribution in [-0.2, 0) is 33.4 Å². The van der Waals surface area contributed by atoms with Crippen LogP contribution in [0.1, 0.15) is 38.2 Å². The second-order valence-corrected chi connectivity index (χ2v) is 10.2. The smallest absolute Gasteiger partial charge is 0.416 e. The zero-order valence-electron chi connectivity index (χ0n) is 20.0. The normalized spacial score (nSPS) is 19.9. The van der Waals surface area contributed by atoms with Crippen LogP contribution < -0.4 is 4.90 Å². The van der Waals surface area contributed by atoms with Gasteiger partial charge in [0.25, 0.3) is 0 Å². The van der Waals surface area contributed by atoms with Gasteiger partial charge in [-0.15, -0.1) is 0 Å². The summed E-state index contributed by atoms with van der Waals surface area (Å²) in [7, 11) is 0. The second-order valence-electron chi connectivity index (χ2n) is 8.37. The number of imide groups is 1. The summed E-state index contributed by atoms with van der Waals surface area (Å²) in [5.74, 6) is -2.55. The number of hydrogen-bond donors (Lipinski definition) is 0. The van der Waals surface area contributed by atoms with Crippen molar-refractivity contribution in [2.75, 3.05) is 37.0 Å². The molecule has 0 aliphatic carbocycles. The average molecular weight is 529 g/mol. The van der Waals surface area contributed by atoms with E-state index in [-0.39, 0.29) is 49.1 Å². The Labute approximate surface area is 210 Å². The number of ether oxygens (including phenoxy) is 3. The molecule has 1 aromatic carbocycles. The third-order valence-electron chi connectivity index (χ3n) is 5.88. The molecular formula is C23H29FN2O9S. The monoisotopic (exact) mass is 528 g/mol. The summed E-state index contributed by atoms with van der Waals surface area (Å²) < 4.78 is 29.9. The van der Waals surface area contributed by atoms with Crippen molar-refractivity contribution in [1.82, 2.24) is 4.90 Å². The Hall–Kier alpha value is -3.48. The molecule has 0 spiro atoms. The molecule has 2 aliphatic rings. The van der Waals surface area contributed by atoms with E-state index >= 15 is 0 Å². The van der Waals surface area contributed by atoms with E-state index in [2.05, 4.69) is 0 Å². The summed E-state index contributed by atoms with van der Waals surface area (Å²) >= 11 is -1.09. The fourth-order valence-corrected chi connectivity index (χ4v) is 5.43. The number of halogens is 1. The average Bonchev–Trinajstić information content (AvgIpc) is 3.21. The molecule has 1 unspecified atom stereocenters. The lowest BCUT2D eigenvalue weighted by atomic mass is 9.91. The first-order valence-corrected chi connectivity index (χ1v) is 13.3. The molecule has 3 amide bonds. The first kappa shape index (κ1) is 27.1. The first-order valence-electron chi connectivity index (χ1n) is 11.6. The summed E-state index contributed by atoms with van der Waals surface area (Å²) in [6.45, 7) is 1.96. The lowest BCUT2D eigenvalue weighted by molar-refractivity contribution is -0.144. The highest BCUT2D eigenvalue weighted by Gasteiger charge is 2.37. The molecule has 13 heteroatoms. The number of Topliss-reactive ketones (excluding diaryl/α,β-unsaturated/α-hetero) is 1. The number of nitrogens with zero attached hydrogens (tertiary/aromatic N) is 2. The number of carbonyl (C=O) groups excluding carboxylic acids is 6. The fraction of sp³-hybridized carbons (Fsp3) is 0.478. The van der Waals surface area contributed by atoms with Gasteiger partial charge in [0.15, 0.2) is 0 Å². The van der Waals surface area contributed by atoms with E-state index in [9.17, 15) is 33.2 Å². The first-order chi connectivity index (χ1) is 17.1. The molecule has 2 heterocycles. The van der Waals surface area contributed by atoms with Gasteiger partial charge in [0, 0.05) is 13.3 Å². The van der Waals surface area contributed by atoms with E-state index in [1.54, 1.807) is 6.92 Å². The van der Waals surface area contributed by atoms with Gasteiger partial charge in [-0.3, -0.25) is 35.8 Å². The standard InChI is InChI=1S/C23H29FN2O9S/c1-3-19(28)33-7-8-34-22(31)25(13(2)27)11-15-12-26(23(32)35-15)14-4-5-16(18(24)10-14)17-6-9-36-21(30)20(17)29/h4-5,10,15,17H,3,6-9,11-12H2,1-2H3,36H4/t15-,17?/m0/s1. The Balaban J connectivity index is 1.62. The topological polar surface area (TPSA) is 137 Å². The lowest BCUT2D eigenvalue weighted by Gasteiger charge is -2.23. The van der Waals surface area contributed by atoms with Gasteiger partial charge in [0.05, 0.1) is 24.7 Å². The maximum Gasteiger partial charge on any atom is 0.416 e. The van der Waals surface area contributed by atoms with E-state index in [0.717, 1.165) is 22.8 Å². The molecule has 0 saturated carbocycles. The third-order valence-corrected chi connectivity index (χ3v) is 7.44. The van der Waals surface area contributed by atoms with Crippen molar-refractivity contribution in [2.24, 2.45) is 0 Å². The summed E-state index contributed by atoms with van der Waals surface area (Å²) in [4.78, 5) is 73.7. The minimum absolute atomic E-state index is 0.0742. The van der Waals surface area contributed by atoms with Crippen molar-refractivity contribution in [3.63, 3.8) is 0 Å². The molecule has 0 N–H and O–H groups in total. The summed E-state index contributed by atoms with van der Waals surface area (Å²) in [6.07, 6.45) is -2.10. The molecule has 0 aromatic heterocycles. The number of carbonyl (C=O) groups is 6. The molecule has 36 heavy (non-hydrogen) atoms. The van der Waals surface area contributed by atoms with Gasteiger partial charge in [0.2, 0.25) is 16.8 Å². The van der Waals surface area contributed by atoms with E-state index < -0.39 is 59.4 Å². The van der Waals surface area contributed by atoms with Crippen LogP contribution in [0.15, 0.2) is 18.2 Å². The molecule has 11 nitrogen and oxygen atoms in total. The Kier molecular flexibility index (Phi) is 9.02. The van der Waals surface area contributed by atoms with Crippen LogP contribution in [0.4, 0.5) is 19.7 Å². The number of cyclic esters (lactones) is 1. The largest absolute Gasteiger partial charge is 0.462 e. The van der Waals surface area contributed by atoms with Gasteiger partial charge in [0.1, 0.15) is 25.1 Å². The molecule has 2 aliphatic heterocycles. The van der Waals surface area contributed by atoms with Gasteiger partial charge in [-0.05, 0) is 29.9 Å². The molecule has 3 rings (SSSR count). The van der Waals surface area contributed by atoms with Crippen LogP contribution in [0.5, 0.6) is 0 Å². The van der Waals surface area contributed by atoms with Crippen molar-refractivity contribution in [2.45, 2.75) is 38.7 Å². The van der Waals surface area contributed by atoms with Crippen molar-refractivity contribution < 1.29 is 47.4 Å². The van der Waals surface area contributed by atoms with Crippen LogP contribution in [0, 0.1) is 5.82 Å². The molecule has 2 fully saturated rings. The third kappa shape index (κ3) is 6.39. The van der Waals surface area contributed by atoms with E-state index in [1.165, 1.54) is 12.1 Å². The van der Waals surface area contributed by atoms with Crippen molar-refractivity contribution in [3.8, 4) is 0 Å². The highest BCUT2D eigenvalue weighted by molar-refractivity contribution is 8.15. The number of ketones is 1. The van der Waals surface area contributed by atoms with Crippen molar-refractivity contribution in [3.05, 3.63) is 29.6 Å². The number of hydrogen-bond acceptors (Lipinski definition) is 9. The van der Waals surface area contributed by atoms with Crippen LogP contribution in [-0.4, -0.2) is 78.0 Å². The quantitative estimate of drug-likeness (QED) is 0.212. The zero-order valence-corrected chi connectivity index (χ0v) is 21.4. The van der Waals surface area contributed by atoms with E-state index in [0.29, 0.717) is 12.2 Å². The van der Waals surface area contributed by atoms with Gasteiger partial charge in [-0.1, -0.05) is 13.0 Å². The maximum atomic E-state index is 14.9. The molecule has 1 aromatic rings. The Morgan fingerprint density at radius 3 is 2.58 bits per heavy atom. The number of amides is 3. The highest BCUT2D eigenvalue weighted by atomic mass is 32.2. The van der Waals surface area contributed by atoms with Crippen molar-refractivity contribution >= 4 is 52.4 Å². The second kappa shape index (κ2) is 12.0. The van der Waals surface area contributed by atoms with Crippen LogP contribution in [0.25, 0.3) is 0 Å². The molecule has 0 radical (unpaired) electrons. The number of anilines is 1. The van der Waals surface area contributed by atoms with Crippen molar-refractivity contribution in [1.29, 1.82) is 0 Å². The molecule has 2 atom stereocenters. The van der Waals surface area contributed by atoms with Gasteiger partial charge >= 0.3 is 18.2 Å². The van der Waals surface area contributed by atoms with Crippen LogP contribution in [0.3, 0.4) is 0 Å². The lowest BCUT2D eigenvalue weighted by Crippen LogP contribution is -2.42. The fourth-order valence-electron chi connectivity index (χ4n) is 4.01. The summed E-state index contributed by atoms with van der Waals surface area (Å²) in [5.41, 5.74) is 0.285. The predicted octanol–water partition coefficient (Wildman–Crippen LogP) is 1.33. The van der Waals surface area contributed by atoms with Crippen LogP contribution >= 0.6 is 11.8 Å². The summed E-state index contributed by atoms with van der Waals surface area (Å²) in [5, 5.41) is -0.379. The van der Waals surface area contributed by atoms with Gasteiger partial charge in [-0.25, -0.2) is 18.9 Å². The van der Waals surface area contributed by atoms with Crippen LogP contribution in [0.2, 0.25) is 0 Å². The van der Waals surface area contributed by atoms with E-state index in [4.69, 9.17) is 14.2 Å². The zero-order chi connectivity index (χ0) is 26.4. The SMILES string of the molecule is CCC(=O)OCCOC(=O)N(C[C@H]1CN(c2ccc(C3CC[SH4]C(=O)C3=O)c(F)c2)C(=O)O1)C(C)=O. The summed E-state index contributed by atoms with van der Waals surface area (Å²) in [6, 6.07) is 3.94. The Morgan fingerprint density at radius 2 is 1.92 bits per heavy atom. The highest BCUT2D eigenvalue weighted by Crippen LogP contribution is 2.33. The molecular weight excluding hydrogens is 499 g/mol. The number of rotatable bonds is 8. The van der Waals surface area contributed by atoms with Gasteiger partial charge < -0.3 is 14.2 Å². The minimum Gasteiger partial charge on any atom is -0.462 e. The Bertz CT molecular complexity index is 1080. The van der Waals surface area contributed by atoms with E-state index in [1.807, 2.05) is 0 Å². The predicted molar refractivity (Wildman–Crippen MR) is 129 cm³/mol. The molecule has 2 saturated heterocycles. The Morgan fingerprint density at radius 1 is 1.19 bits per heavy atom. The number of benzene rings is 1.